The van der Waals surface area contributed by atoms with Gasteiger partial charge in [-0.25, -0.2) is 15.0 Å². The van der Waals surface area contributed by atoms with Gasteiger partial charge in [-0.2, -0.15) is 0 Å². The first kappa shape index (κ1) is 22.7. The van der Waals surface area contributed by atoms with Crippen molar-refractivity contribution in [1.29, 1.82) is 0 Å². The van der Waals surface area contributed by atoms with Crippen molar-refractivity contribution in [3.8, 4) is 5.75 Å². The maximum absolute atomic E-state index is 13.4. The number of hydrogen-bond acceptors (Lipinski definition) is 7. The molecule has 0 bridgehead atoms. The molecular weight excluding hydrogens is 480 g/mol. The minimum Gasteiger partial charge on any atom is -0.497 e. The van der Waals surface area contributed by atoms with E-state index in [9.17, 15) is 9.59 Å². The van der Waals surface area contributed by atoms with Gasteiger partial charge in [0.25, 0.3) is 5.91 Å². The number of allylic oxidation sites excluding steroid dienone is 3. The molecule has 9 heteroatoms. The molecule has 3 atom stereocenters. The van der Waals surface area contributed by atoms with Crippen molar-refractivity contribution in [2.75, 3.05) is 29.2 Å². The van der Waals surface area contributed by atoms with Crippen molar-refractivity contribution in [3.05, 3.63) is 89.7 Å². The van der Waals surface area contributed by atoms with Gasteiger partial charge >= 0.3 is 0 Å². The standard InChI is InChI=1S/C29H26N6O3/c1-38-21-7-5-17-8-10-35(24(17)12-21)27(36)23-13-25(32-16-31-23)33-20-6-4-18-14-29(15-19(18)11-20)22-3-2-9-30-26(22)34-28(29)37/h2-7,9,11-13,16,18-19H,8,10,14-15H2,1H3,(H,30,34,37)(H,31,32,33). The zero-order valence-electron chi connectivity index (χ0n) is 20.8. The highest BCUT2D eigenvalue weighted by Crippen LogP contribution is 2.54. The highest BCUT2D eigenvalue weighted by Gasteiger charge is 2.54. The molecular formula is C29H26N6O3. The van der Waals surface area contributed by atoms with Crippen molar-refractivity contribution in [1.82, 2.24) is 15.0 Å². The summed E-state index contributed by atoms with van der Waals surface area (Å²) in [6, 6.07) is 11.4. The summed E-state index contributed by atoms with van der Waals surface area (Å²) in [4.78, 5) is 41.1. The summed E-state index contributed by atoms with van der Waals surface area (Å²) in [7, 11) is 1.62. The third-order valence-corrected chi connectivity index (χ3v) is 8.22. The van der Waals surface area contributed by atoms with Crippen molar-refractivity contribution in [2.45, 2.75) is 24.7 Å². The number of nitrogens with one attached hydrogen (secondary N) is 2. The average Bonchev–Trinajstić information content (AvgIpc) is 3.61. The first-order chi connectivity index (χ1) is 18.5. The topological polar surface area (TPSA) is 109 Å². The fourth-order valence-corrected chi connectivity index (χ4v) is 6.35. The van der Waals surface area contributed by atoms with E-state index in [0.717, 1.165) is 41.8 Å². The van der Waals surface area contributed by atoms with Crippen LogP contribution in [0.4, 0.5) is 17.3 Å². The zero-order chi connectivity index (χ0) is 25.9. The predicted molar refractivity (Wildman–Crippen MR) is 142 cm³/mol. The Hall–Kier alpha value is -4.53. The molecule has 2 amide bonds. The first-order valence-corrected chi connectivity index (χ1v) is 12.8. The maximum atomic E-state index is 13.4. The smallest absolute Gasteiger partial charge is 0.277 e. The number of aromatic nitrogens is 3. The van der Waals surface area contributed by atoms with Crippen molar-refractivity contribution in [3.63, 3.8) is 0 Å². The van der Waals surface area contributed by atoms with E-state index in [0.29, 0.717) is 29.6 Å². The number of ether oxygens (including phenoxy) is 1. The van der Waals surface area contributed by atoms with E-state index in [1.165, 1.54) is 6.33 Å². The molecule has 4 aliphatic rings. The molecule has 3 unspecified atom stereocenters. The first-order valence-electron chi connectivity index (χ1n) is 12.8. The van der Waals surface area contributed by atoms with Crippen LogP contribution in [0.15, 0.2) is 72.8 Å². The van der Waals surface area contributed by atoms with Gasteiger partial charge in [0, 0.05) is 36.1 Å². The van der Waals surface area contributed by atoms with Gasteiger partial charge in [-0.3, -0.25) is 9.59 Å². The Balaban J connectivity index is 1.10. The van der Waals surface area contributed by atoms with Gasteiger partial charge in [-0.15, -0.1) is 0 Å². The quantitative estimate of drug-likeness (QED) is 0.553. The molecule has 0 radical (unpaired) electrons. The molecule has 1 saturated carbocycles. The zero-order valence-corrected chi connectivity index (χ0v) is 20.8. The molecule has 4 heterocycles. The lowest BCUT2D eigenvalue weighted by atomic mass is 9.79. The van der Waals surface area contributed by atoms with Crippen LogP contribution in [0.25, 0.3) is 0 Å². The highest BCUT2D eigenvalue weighted by atomic mass is 16.5. The normalized spacial score (nSPS) is 24.5. The van der Waals surface area contributed by atoms with E-state index < -0.39 is 5.41 Å². The summed E-state index contributed by atoms with van der Waals surface area (Å²) in [6.45, 7) is 0.596. The molecule has 1 spiro atoms. The van der Waals surface area contributed by atoms with E-state index in [2.05, 4.69) is 37.7 Å². The minimum absolute atomic E-state index is 0.0389. The Morgan fingerprint density at radius 3 is 2.95 bits per heavy atom. The number of rotatable bonds is 4. The lowest BCUT2D eigenvalue weighted by Gasteiger charge is -2.20. The maximum Gasteiger partial charge on any atom is 0.277 e. The molecule has 2 N–H and O–H groups in total. The number of carbonyl (C=O) groups excluding carboxylic acids is 2. The van der Waals surface area contributed by atoms with Gasteiger partial charge in [0.15, 0.2) is 0 Å². The summed E-state index contributed by atoms with van der Waals surface area (Å²) in [5, 5.41) is 6.32. The second kappa shape index (κ2) is 8.51. The fourth-order valence-electron chi connectivity index (χ4n) is 6.35. The van der Waals surface area contributed by atoms with Crippen LogP contribution < -0.4 is 20.3 Å². The molecule has 3 aromatic rings. The molecule has 2 aromatic heterocycles. The van der Waals surface area contributed by atoms with Crippen LogP contribution in [0.1, 0.15) is 34.5 Å². The Kier molecular flexibility index (Phi) is 5.07. The summed E-state index contributed by atoms with van der Waals surface area (Å²) in [5.74, 6) is 2.28. The average molecular weight is 507 g/mol. The van der Waals surface area contributed by atoms with Gasteiger partial charge < -0.3 is 20.3 Å². The molecule has 9 nitrogen and oxygen atoms in total. The van der Waals surface area contributed by atoms with Crippen LogP contribution in [0.5, 0.6) is 5.75 Å². The minimum atomic E-state index is -0.543. The Labute approximate surface area is 219 Å². The third-order valence-electron chi connectivity index (χ3n) is 8.22. The lowest BCUT2D eigenvalue weighted by molar-refractivity contribution is -0.120. The molecule has 2 aliphatic heterocycles. The van der Waals surface area contributed by atoms with E-state index in [1.807, 2.05) is 36.4 Å². The van der Waals surface area contributed by atoms with Crippen LogP contribution >= 0.6 is 0 Å². The number of methoxy groups -OCH3 is 1. The van der Waals surface area contributed by atoms with Gasteiger partial charge in [-0.1, -0.05) is 24.3 Å². The van der Waals surface area contributed by atoms with Gasteiger partial charge in [0.1, 0.15) is 29.4 Å². The molecule has 38 heavy (non-hydrogen) atoms. The molecule has 1 fully saturated rings. The number of amides is 2. The summed E-state index contributed by atoms with van der Waals surface area (Å²) < 4.78 is 5.35. The van der Waals surface area contributed by atoms with E-state index in [1.54, 1.807) is 24.3 Å². The number of pyridine rings is 1. The molecule has 1 aromatic carbocycles. The van der Waals surface area contributed by atoms with Gasteiger partial charge in [-0.05, 0) is 54.9 Å². The summed E-state index contributed by atoms with van der Waals surface area (Å²) in [5.41, 5.74) is 3.63. The number of benzene rings is 1. The molecule has 2 aliphatic carbocycles. The largest absolute Gasteiger partial charge is 0.497 e. The number of nitrogens with zero attached hydrogens (tertiary/aromatic N) is 4. The van der Waals surface area contributed by atoms with Crippen LogP contribution in [-0.4, -0.2) is 40.4 Å². The fraction of sp³-hybridized carbons (Fsp3) is 0.276. The summed E-state index contributed by atoms with van der Waals surface area (Å²) >= 11 is 0. The Bertz CT molecular complexity index is 1550. The Morgan fingerprint density at radius 2 is 2.05 bits per heavy atom. The molecule has 190 valence electrons. The van der Waals surface area contributed by atoms with Crippen molar-refractivity contribution >= 4 is 29.1 Å². The second-order valence-electron chi connectivity index (χ2n) is 10.3. The molecule has 7 rings (SSSR count). The second-order valence-corrected chi connectivity index (χ2v) is 10.3. The van der Waals surface area contributed by atoms with Crippen molar-refractivity contribution < 1.29 is 14.3 Å². The number of carbonyl (C=O) groups is 2. The monoisotopic (exact) mass is 506 g/mol. The van der Waals surface area contributed by atoms with Gasteiger partial charge in [0.2, 0.25) is 5.91 Å². The van der Waals surface area contributed by atoms with Crippen LogP contribution in [0.2, 0.25) is 0 Å². The SMILES string of the molecule is COc1ccc2c(c1)N(C(=O)c1cc(NC3=CC4CC5(CC4C=C3)C(=O)Nc3ncccc35)ncn1)CC2. The number of hydrogen-bond donors (Lipinski definition) is 2. The Morgan fingerprint density at radius 1 is 1.16 bits per heavy atom. The van der Waals surface area contributed by atoms with E-state index in [4.69, 9.17) is 4.74 Å². The van der Waals surface area contributed by atoms with Crippen LogP contribution in [0.3, 0.4) is 0 Å². The number of anilines is 3. The van der Waals surface area contributed by atoms with Crippen LogP contribution in [-0.2, 0) is 16.6 Å². The molecule has 0 saturated heterocycles. The third kappa shape index (κ3) is 3.49. The van der Waals surface area contributed by atoms with E-state index in [-0.39, 0.29) is 23.7 Å². The van der Waals surface area contributed by atoms with E-state index >= 15 is 0 Å². The summed E-state index contributed by atoms with van der Waals surface area (Å²) in [6.07, 6.45) is 11.8. The number of fused-ring (bicyclic) bond motifs is 4. The van der Waals surface area contributed by atoms with Gasteiger partial charge in [0.05, 0.1) is 18.2 Å². The van der Waals surface area contributed by atoms with Crippen molar-refractivity contribution in [2.24, 2.45) is 11.8 Å². The van der Waals surface area contributed by atoms with Crippen LogP contribution in [0, 0.1) is 11.8 Å². The predicted octanol–water partition coefficient (Wildman–Crippen LogP) is 3.87. The highest BCUT2D eigenvalue weighted by molar-refractivity contribution is 6.07. The lowest BCUT2D eigenvalue weighted by Crippen LogP contribution is -2.31.